The van der Waals surface area contributed by atoms with Crippen LogP contribution in [-0.4, -0.2) is 15.9 Å². The second kappa shape index (κ2) is 7.90. The number of nitrogens with one attached hydrogen (secondary N) is 1. The molecule has 0 radical (unpaired) electrons. The van der Waals surface area contributed by atoms with Gasteiger partial charge in [-0.2, -0.15) is 0 Å². The molecule has 0 aliphatic carbocycles. The number of hydrogen-bond donors (Lipinski definition) is 1. The predicted octanol–water partition coefficient (Wildman–Crippen LogP) is 3.66. The lowest BCUT2D eigenvalue weighted by Crippen LogP contribution is -2.23. The number of pyridine rings is 1. The Morgan fingerprint density at radius 3 is 2.72 bits per heavy atom. The van der Waals surface area contributed by atoms with Crippen LogP contribution in [0, 0.1) is 13.8 Å². The van der Waals surface area contributed by atoms with Crippen molar-refractivity contribution in [1.82, 2.24) is 15.3 Å². The van der Waals surface area contributed by atoms with Gasteiger partial charge in [0.05, 0.1) is 12.2 Å². The Kier molecular flexibility index (Phi) is 5.40. The number of amides is 1. The standard InChI is InChI=1S/C19H19N3O2S/c1-13-7-14(2)9-16(8-13)24-11-18-22-17(12-25-18)19(23)21-10-15-5-3-4-6-20-15/h3-9,12H,10-11H2,1-2H3,(H,21,23). The van der Waals surface area contributed by atoms with Crippen molar-refractivity contribution in [3.8, 4) is 5.75 Å². The van der Waals surface area contributed by atoms with Crippen LogP contribution in [0.4, 0.5) is 0 Å². The summed E-state index contributed by atoms with van der Waals surface area (Å²) in [5, 5.41) is 5.33. The number of rotatable bonds is 6. The molecule has 0 aliphatic rings. The van der Waals surface area contributed by atoms with Gasteiger partial charge in [0.1, 0.15) is 23.1 Å². The van der Waals surface area contributed by atoms with Crippen molar-refractivity contribution in [2.24, 2.45) is 0 Å². The van der Waals surface area contributed by atoms with Crippen molar-refractivity contribution in [1.29, 1.82) is 0 Å². The highest BCUT2D eigenvalue weighted by atomic mass is 32.1. The van der Waals surface area contributed by atoms with Crippen molar-refractivity contribution in [3.05, 3.63) is 75.5 Å². The minimum absolute atomic E-state index is 0.209. The van der Waals surface area contributed by atoms with Gasteiger partial charge in [0.25, 0.3) is 5.91 Å². The first-order valence-corrected chi connectivity index (χ1v) is 8.82. The molecule has 0 fully saturated rings. The third-order valence-corrected chi connectivity index (χ3v) is 4.32. The summed E-state index contributed by atoms with van der Waals surface area (Å²) in [6.07, 6.45) is 1.70. The van der Waals surface area contributed by atoms with Crippen LogP contribution in [0.5, 0.6) is 5.75 Å². The smallest absolute Gasteiger partial charge is 0.271 e. The summed E-state index contributed by atoms with van der Waals surface area (Å²) in [7, 11) is 0. The Hall–Kier alpha value is -2.73. The third kappa shape index (κ3) is 4.87. The number of thiazole rings is 1. The quantitative estimate of drug-likeness (QED) is 0.734. The lowest BCUT2D eigenvalue weighted by Gasteiger charge is -2.06. The molecule has 1 N–H and O–H groups in total. The van der Waals surface area contributed by atoms with Crippen LogP contribution >= 0.6 is 11.3 Å². The van der Waals surface area contributed by atoms with Gasteiger partial charge in [0.15, 0.2) is 0 Å². The molecule has 0 aliphatic heterocycles. The van der Waals surface area contributed by atoms with E-state index in [1.165, 1.54) is 11.3 Å². The summed E-state index contributed by atoms with van der Waals surface area (Å²) in [5.74, 6) is 0.605. The Balaban J connectivity index is 1.55. The van der Waals surface area contributed by atoms with Crippen molar-refractivity contribution >= 4 is 17.2 Å². The highest BCUT2D eigenvalue weighted by molar-refractivity contribution is 7.09. The second-order valence-corrected chi connectivity index (χ2v) is 6.68. The first kappa shape index (κ1) is 17.1. The van der Waals surface area contributed by atoms with Crippen molar-refractivity contribution in [2.75, 3.05) is 0 Å². The maximum atomic E-state index is 12.2. The summed E-state index contributed by atoms with van der Waals surface area (Å²) >= 11 is 1.41. The number of carbonyl (C=O) groups excluding carboxylic acids is 1. The van der Waals surface area contributed by atoms with Crippen LogP contribution < -0.4 is 10.1 Å². The second-order valence-electron chi connectivity index (χ2n) is 5.74. The number of nitrogens with zero attached hydrogens (tertiary/aromatic N) is 2. The lowest BCUT2D eigenvalue weighted by molar-refractivity contribution is 0.0946. The summed E-state index contributed by atoms with van der Waals surface area (Å²) in [6.45, 7) is 4.80. The summed E-state index contributed by atoms with van der Waals surface area (Å²) in [4.78, 5) is 20.7. The minimum atomic E-state index is -0.209. The molecule has 2 aromatic heterocycles. The Bertz CT molecular complexity index is 842. The number of aromatic nitrogens is 2. The maximum absolute atomic E-state index is 12.2. The number of aryl methyl sites for hydroxylation is 2. The fourth-order valence-corrected chi connectivity index (χ4v) is 3.09. The monoisotopic (exact) mass is 353 g/mol. The van der Waals surface area contributed by atoms with E-state index in [0.717, 1.165) is 27.6 Å². The molecule has 25 heavy (non-hydrogen) atoms. The van der Waals surface area contributed by atoms with Gasteiger partial charge < -0.3 is 10.1 Å². The number of carbonyl (C=O) groups is 1. The van der Waals surface area contributed by atoms with Crippen LogP contribution in [0.1, 0.15) is 32.3 Å². The minimum Gasteiger partial charge on any atom is -0.486 e. The molecule has 0 unspecified atom stereocenters. The van der Waals surface area contributed by atoms with Crippen LogP contribution in [0.3, 0.4) is 0 Å². The molecule has 0 spiro atoms. The first-order valence-electron chi connectivity index (χ1n) is 7.94. The fraction of sp³-hybridized carbons (Fsp3) is 0.211. The maximum Gasteiger partial charge on any atom is 0.271 e. The van der Waals surface area contributed by atoms with E-state index < -0.39 is 0 Å². The summed E-state index contributed by atoms with van der Waals surface area (Å²) < 4.78 is 5.78. The predicted molar refractivity (Wildman–Crippen MR) is 97.8 cm³/mol. The molecule has 0 saturated heterocycles. The molecular weight excluding hydrogens is 334 g/mol. The van der Waals surface area contributed by atoms with Gasteiger partial charge in [-0.15, -0.1) is 11.3 Å². The Morgan fingerprint density at radius 2 is 2.00 bits per heavy atom. The molecule has 3 rings (SSSR count). The van der Waals surface area contributed by atoms with E-state index in [0.29, 0.717) is 18.8 Å². The molecule has 1 aromatic carbocycles. The highest BCUT2D eigenvalue weighted by Crippen LogP contribution is 2.19. The van der Waals surface area contributed by atoms with Crippen LogP contribution in [0.25, 0.3) is 0 Å². The first-order chi connectivity index (χ1) is 12.1. The summed E-state index contributed by atoms with van der Waals surface area (Å²) in [5.41, 5.74) is 3.52. The molecule has 0 atom stereocenters. The molecule has 0 saturated carbocycles. The molecule has 5 nitrogen and oxygen atoms in total. The van der Waals surface area contributed by atoms with Crippen LogP contribution in [0.15, 0.2) is 48.0 Å². The SMILES string of the molecule is Cc1cc(C)cc(OCc2nc(C(=O)NCc3ccccn3)cs2)c1. The average Bonchev–Trinajstić information content (AvgIpc) is 3.07. The average molecular weight is 353 g/mol. The molecule has 2 heterocycles. The topological polar surface area (TPSA) is 64.1 Å². The van der Waals surface area contributed by atoms with Gasteiger partial charge in [0.2, 0.25) is 0 Å². The lowest BCUT2D eigenvalue weighted by atomic mass is 10.1. The molecule has 3 aromatic rings. The Morgan fingerprint density at radius 1 is 1.20 bits per heavy atom. The van der Waals surface area contributed by atoms with Gasteiger partial charge in [0, 0.05) is 11.6 Å². The molecule has 6 heteroatoms. The number of benzene rings is 1. The van der Waals surface area contributed by atoms with E-state index in [-0.39, 0.29) is 5.91 Å². The van der Waals surface area contributed by atoms with Crippen molar-refractivity contribution < 1.29 is 9.53 Å². The van der Waals surface area contributed by atoms with E-state index >= 15 is 0 Å². The van der Waals surface area contributed by atoms with E-state index in [1.807, 2.05) is 44.2 Å². The molecule has 0 bridgehead atoms. The van der Waals surface area contributed by atoms with Crippen molar-refractivity contribution in [3.63, 3.8) is 0 Å². The molecular formula is C19H19N3O2S. The van der Waals surface area contributed by atoms with E-state index in [4.69, 9.17) is 4.74 Å². The fourth-order valence-electron chi connectivity index (χ4n) is 2.41. The van der Waals surface area contributed by atoms with Gasteiger partial charge in [-0.25, -0.2) is 4.98 Å². The zero-order valence-corrected chi connectivity index (χ0v) is 15.0. The molecule has 1 amide bonds. The normalized spacial score (nSPS) is 10.5. The molecule has 128 valence electrons. The van der Waals surface area contributed by atoms with E-state index in [9.17, 15) is 4.79 Å². The van der Waals surface area contributed by atoms with Crippen LogP contribution in [-0.2, 0) is 13.2 Å². The van der Waals surface area contributed by atoms with Gasteiger partial charge in [-0.1, -0.05) is 12.1 Å². The van der Waals surface area contributed by atoms with E-state index in [2.05, 4.69) is 21.4 Å². The Labute approximate surface area is 150 Å². The van der Waals surface area contributed by atoms with E-state index in [1.54, 1.807) is 11.6 Å². The van der Waals surface area contributed by atoms with Gasteiger partial charge in [-0.3, -0.25) is 9.78 Å². The largest absolute Gasteiger partial charge is 0.486 e. The van der Waals surface area contributed by atoms with Crippen LogP contribution in [0.2, 0.25) is 0 Å². The third-order valence-electron chi connectivity index (χ3n) is 3.50. The zero-order chi connectivity index (χ0) is 17.6. The number of hydrogen-bond acceptors (Lipinski definition) is 5. The van der Waals surface area contributed by atoms with Gasteiger partial charge >= 0.3 is 0 Å². The number of ether oxygens (including phenoxy) is 1. The summed E-state index contributed by atoms with van der Waals surface area (Å²) in [6, 6.07) is 11.7. The van der Waals surface area contributed by atoms with Crippen molar-refractivity contribution in [2.45, 2.75) is 27.0 Å². The zero-order valence-electron chi connectivity index (χ0n) is 14.2. The highest BCUT2D eigenvalue weighted by Gasteiger charge is 2.11. The van der Waals surface area contributed by atoms with Gasteiger partial charge in [-0.05, 0) is 49.2 Å².